The van der Waals surface area contributed by atoms with Crippen LogP contribution in [0.2, 0.25) is 0 Å². The molecule has 106 valence electrons. The van der Waals surface area contributed by atoms with E-state index in [9.17, 15) is 4.79 Å². The molecule has 0 saturated heterocycles. The molecule has 0 aliphatic heterocycles. The molecule has 19 heavy (non-hydrogen) atoms. The van der Waals surface area contributed by atoms with Gasteiger partial charge in [0.25, 0.3) is 5.91 Å². The predicted octanol–water partition coefficient (Wildman–Crippen LogP) is 2.82. The van der Waals surface area contributed by atoms with Gasteiger partial charge in [-0.3, -0.25) is 4.79 Å². The fourth-order valence-corrected chi connectivity index (χ4v) is 2.14. The van der Waals surface area contributed by atoms with Crippen molar-refractivity contribution >= 4 is 27.5 Å². The molecule has 0 radical (unpaired) electrons. The molecule has 0 bridgehead atoms. The minimum absolute atomic E-state index is 0.00320. The van der Waals surface area contributed by atoms with Gasteiger partial charge in [-0.05, 0) is 30.0 Å². The second-order valence-corrected chi connectivity index (χ2v) is 6.28. The van der Waals surface area contributed by atoms with E-state index in [4.69, 9.17) is 10.5 Å². The lowest BCUT2D eigenvalue weighted by Crippen LogP contribution is -2.34. The molecule has 1 rings (SSSR count). The first-order valence-corrected chi connectivity index (χ1v) is 6.96. The molecular formula is C14H21BrN2O2. The summed E-state index contributed by atoms with van der Waals surface area (Å²) in [5.41, 5.74) is 6.85. The van der Waals surface area contributed by atoms with E-state index < -0.39 is 0 Å². The lowest BCUT2D eigenvalue weighted by Gasteiger charge is -2.24. The number of nitrogens with one attached hydrogen (secondary N) is 1. The minimum Gasteiger partial charge on any atom is -0.399 e. The van der Waals surface area contributed by atoms with Gasteiger partial charge in [0.2, 0.25) is 0 Å². The number of rotatable bonds is 6. The summed E-state index contributed by atoms with van der Waals surface area (Å²) < 4.78 is 5.87. The zero-order valence-electron chi connectivity index (χ0n) is 11.6. The number of amides is 1. The van der Waals surface area contributed by atoms with E-state index in [1.54, 1.807) is 25.3 Å². The van der Waals surface area contributed by atoms with E-state index in [0.717, 1.165) is 10.9 Å². The summed E-state index contributed by atoms with van der Waals surface area (Å²) in [7, 11) is 1.68. The zero-order valence-corrected chi connectivity index (χ0v) is 13.2. The summed E-state index contributed by atoms with van der Waals surface area (Å²) in [5, 5.41) is 2.93. The van der Waals surface area contributed by atoms with Crippen LogP contribution in [-0.4, -0.2) is 26.2 Å². The average molecular weight is 329 g/mol. The van der Waals surface area contributed by atoms with Crippen molar-refractivity contribution in [3.05, 3.63) is 28.2 Å². The third kappa shape index (κ3) is 5.61. The highest BCUT2D eigenvalue weighted by molar-refractivity contribution is 9.10. The number of ether oxygens (including phenoxy) is 1. The van der Waals surface area contributed by atoms with Crippen LogP contribution < -0.4 is 11.1 Å². The lowest BCUT2D eigenvalue weighted by atomic mass is 9.89. The first-order chi connectivity index (χ1) is 8.84. The van der Waals surface area contributed by atoms with Crippen LogP contribution in [0.5, 0.6) is 0 Å². The van der Waals surface area contributed by atoms with E-state index in [1.165, 1.54) is 0 Å². The lowest BCUT2D eigenvalue weighted by molar-refractivity contribution is 0.0921. The van der Waals surface area contributed by atoms with Gasteiger partial charge in [-0.25, -0.2) is 0 Å². The second-order valence-electron chi connectivity index (χ2n) is 5.36. The Morgan fingerprint density at radius 3 is 2.68 bits per heavy atom. The van der Waals surface area contributed by atoms with Gasteiger partial charge in [0, 0.05) is 36.0 Å². The SMILES string of the molecule is COCCC(C)(C)CNC(=O)c1cc(N)cc(Br)c1. The first-order valence-electron chi connectivity index (χ1n) is 6.17. The average Bonchev–Trinajstić information content (AvgIpc) is 2.32. The van der Waals surface area contributed by atoms with Gasteiger partial charge >= 0.3 is 0 Å². The van der Waals surface area contributed by atoms with E-state index in [-0.39, 0.29) is 11.3 Å². The Balaban J connectivity index is 2.60. The summed E-state index contributed by atoms with van der Waals surface area (Å²) in [6.45, 7) is 5.48. The van der Waals surface area contributed by atoms with Crippen LogP contribution in [0.25, 0.3) is 0 Å². The second kappa shape index (κ2) is 6.91. The zero-order chi connectivity index (χ0) is 14.5. The molecular weight excluding hydrogens is 308 g/mol. The number of anilines is 1. The Morgan fingerprint density at radius 1 is 1.42 bits per heavy atom. The van der Waals surface area contributed by atoms with Crippen molar-refractivity contribution in [2.45, 2.75) is 20.3 Å². The van der Waals surface area contributed by atoms with Crippen LogP contribution in [0.3, 0.4) is 0 Å². The highest BCUT2D eigenvalue weighted by Crippen LogP contribution is 2.20. The van der Waals surface area contributed by atoms with Crippen LogP contribution >= 0.6 is 15.9 Å². The van der Waals surface area contributed by atoms with Gasteiger partial charge in [0.05, 0.1) is 0 Å². The maximum atomic E-state index is 12.1. The molecule has 0 unspecified atom stereocenters. The van der Waals surface area contributed by atoms with Crippen LogP contribution in [0, 0.1) is 5.41 Å². The van der Waals surface area contributed by atoms with Crippen LogP contribution in [0.15, 0.2) is 22.7 Å². The monoisotopic (exact) mass is 328 g/mol. The van der Waals surface area contributed by atoms with Crippen molar-refractivity contribution in [1.82, 2.24) is 5.32 Å². The Kier molecular flexibility index (Phi) is 5.82. The number of halogens is 1. The van der Waals surface area contributed by atoms with Crippen LogP contribution in [0.4, 0.5) is 5.69 Å². The number of nitrogen functional groups attached to an aromatic ring is 1. The van der Waals surface area contributed by atoms with E-state index in [1.807, 2.05) is 0 Å². The van der Waals surface area contributed by atoms with Crippen molar-refractivity contribution < 1.29 is 9.53 Å². The largest absolute Gasteiger partial charge is 0.399 e. The summed E-state index contributed by atoms with van der Waals surface area (Å²) in [5.74, 6) is -0.113. The maximum absolute atomic E-state index is 12.1. The normalized spacial score (nSPS) is 11.4. The molecule has 0 saturated carbocycles. The van der Waals surface area contributed by atoms with Gasteiger partial charge in [0.1, 0.15) is 0 Å². The number of benzene rings is 1. The Morgan fingerprint density at radius 2 is 2.11 bits per heavy atom. The number of carbonyl (C=O) groups excluding carboxylic acids is 1. The standard InChI is InChI=1S/C14H21BrN2O2/c1-14(2,4-5-19-3)9-17-13(18)10-6-11(15)8-12(16)7-10/h6-8H,4-5,9,16H2,1-3H3,(H,17,18). The highest BCUT2D eigenvalue weighted by atomic mass is 79.9. The molecule has 1 amide bonds. The van der Waals surface area contributed by atoms with Crippen LogP contribution in [-0.2, 0) is 4.74 Å². The number of carbonyl (C=O) groups is 1. The van der Waals surface area contributed by atoms with Crippen molar-refractivity contribution in [3.8, 4) is 0 Å². The fourth-order valence-electron chi connectivity index (χ4n) is 1.63. The van der Waals surface area contributed by atoms with E-state index in [2.05, 4.69) is 35.1 Å². The molecule has 0 heterocycles. The topological polar surface area (TPSA) is 64.3 Å². The number of hydrogen-bond donors (Lipinski definition) is 2. The quantitative estimate of drug-likeness (QED) is 0.789. The molecule has 0 aliphatic rings. The Hall–Kier alpha value is -1.07. The smallest absolute Gasteiger partial charge is 0.251 e. The molecule has 1 aromatic carbocycles. The van der Waals surface area contributed by atoms with Gasteiger partial charge in [-0.2, -0.15) is 0 Å². The molecule has 0 spiro atoms. The predicted molar refractivity (Wildman–Crippen MR) is 81.2 cm³/mol. The van der Waals surface area contributed by atoms with Crippen molar-refractivity contribution in [2.24, 2.45) is 5.41 Å². The Bertz CT molecular complexity index is 427. The molecule has 3 N–H and O–H groups in total. The molecule has 4 nitrogen and oxygen atoms in total. The van der Waals surface area contributed by atoms with Gasteiger partial charge in [-0.15, -0.1) is 0 Å². The highest BCUT2D eigenvalue weighted by Gasteiger charge is 2.19. The summed E-state index contributed by atoms with van der Waals surface area (Å²) in [6, 6.07) is 5.19. The molecule has 0 fully saturated rings. The fraction of sp³-hybridized carbons (Fsp3) is 0.500. The first kappa shape index (κ1) is 16.0. The number of methoxy groups -OCH3 is 1. The van der Waals surface area contributed by atoms with E-state index in [0.29, 0.717) is 24.4 Å². The molecule has 1 aromatic rings. The number of nitrogens with two attached hydrogens (primary N) is 1. The maximum Gasteiger partial charge on any atom is 0.251 e. The van der Waals surface area contributed by atoms with Gasteiger partial charge in [-0.1, -0.05) is 29.8 Å². The molecule has 5 heteroatoms. The van der Waals surface area contributed by atoms with Gasteiger partial charge in [0.15, 0.2) is 0 Å². The molecule has 0 aliphatic carbocycles. The third-order valence-electron chi connectivity index (χ3n) is 2.89. The Labute approximate surface area is 122 Å². The summed E-state index contributed by atoms with van der Waals surface area (Å²) in [6.07, 6.45) is 0.893. The van der Waals surface area contributed by atoms with E-state index >= 15 is 0 Å². The van der Waals surface area contributed by atoms with Gasteiger partial charge < -0.3 is 15.8 Å². The summed E-state index contributed by atoms with van der Waals surface area (Å²) in [4.78, 5) is 12.1. The summed E-state index contributed by atoms with van der Waals surface area (Å²) >= 11 is 3.33. The van der Waals surface area contributed by atoms with Crippen molar-refractivity contribution in [2.75, 3.05) is 26.0 Å². The van der Waals surface area contributed by atoms with Crippen molar-refractivity contribution in [1.29, 1.82) is 0 Å². The minimum atomic E-state index is -0.113. The van der Waals surface area contributed by atoms with Crippen LogP contribution in [0.1, 0.15) is 30.6 Å². The third-order valence-corrected chi connectivity index (χ3v) is 3.35. The number of hydrogen-bond acceptors (Lipinski definition) is 3. The molecule has 0 aromatic heterocycles. The van der Waals surface area contributed by atoms with Crippen molar-refractivity contribution in [3.63, 3.8) is 0 Å². The molecule has 0 atom stereocenters.